The van der Waals surface area contributed by atoms with Crippen LogP contribution in [-0.2, 0) is 4.74 Å². The number of ether oxygens (including phenoxy) is 1. The molecular formula is C17H26O. The second-order valence-electron chi connectivity index (χ2n) is 5.77. The average molecular weight is 246 g/mol. The first-order valence-corrected chi connectivity index (χ1v) is 7.48. The van der Waals surface area contributed by atoms with Crippen molar-refractivity contribution in [2.75, 3.05) is 0 Å². The highest BCUT2D eigenvalue weighted by atomic mass is 16.5. The van der Waals surface area contributed by atoms with E-state index in [9.17, 15) is 0 Å². The highest BCUT2D eigenvalue weighted by molar-refractivity contribution is 5.18. The van der Waals surface area contributed by atoms with E-state index in [-0.39, 0.29) is 0 Å². The average Bonchev–Trinajstić information content (AvgIpc) is 2.65. The minimum atomic E-state index is 0.296. The highest BCUT2D eigenvalue weighted by Gasteiger charge is 2.25. The SMILES string of the molecule is CC(C)OC(c1ccccc1)C1CCCCCC1. The van der Waals surface area contributed by atoms with Crippen LogP contribution in [0.2, 0.25) is 0 Å². The topological polar surface area (TPSA) is 9.23 Å². The molecule has 0 N–H and O–H groups in total. The van der Waals surface area contributed by atoms with Gasteiger partial charge in [0.05, 0.1) is 12.2 Å². The first-order chi connectivity index (χ1) is 8.77. The Morgan fingerprint density at radius 2 is 1.56 bits per heavy atom. The van der Waals surface area contributed by atoms with E-state index in [1.165, 1.54) is 44.1 Å². The zero-order chi connectivity index (χ0) is 12.8. The molecule has 1 atom stereocenters. The molecule has 1 aromatic carbocycles. The molecule has 0 spiro atoms. The Bertz CT molecular complexity index is 323. The summed E-state index contributed by atoms with van der Waals surface area (Å²) in [7, 11) is 0. The van der Waals surface area contributed by atoms with Gasteiger partial charge in [-0.3, -0.25) is 0 Å². The predicted molar refractivity (Wildman–Crippen MR) is 76.6 cm³/mol. The number of hydrogen-bond donors (Lipinski definition) is 0. The van der Waals surface area contributed by atoms with Gasteiger partial charge in [-0.15, -0.1) is 0 Å². The summed E-state index contributed by atoms with van der Waals surface area (Å²) in [4.78, 5) is 0. The minimum Gasteiger partial charge on any atom is -0.371 e. The van der Waals surface area contributed by atoms with Gasteiger partial charge in [-0.05, 0) is 38.2 Å². The Kier molecular flexibility index (Phi) is 5.25. The third-order valence-electron chi connectivity index (χ3n) is 3.87. The fourth-order valence-corrected chi connectivity index (χ4v) is 3.01. The van der Waals surface area contributed by atoms with Crippen LogP contribution in [0, 0.1) is 5.92 Å². The molecule has 18 heavy (non-hydrogen) atoms. The standard InChI is InChI=1S/C17H26O/c1-14(2)18-17(16-12-8-5-9-13-16)15-10-6-3-4-7-11-15/h5,8-9,12-15,17H,3-4,6-7,10-11H2,1-2H3. The second-order valence-corrected chi connectivity index (χ2v) is 5.77. The summed E-state index contributed by atoms with van der Waals surface area (Å²) >= 11 is 0. The van der Waals surface area contributed by atoms with Crippen LogP contribution in [0.25, 0.3) is 0 Å². The van der Waals surface area contributed by atoms with Gasteiger partial charge in [-0.25, -0.2) is 0 Å². The van der Waals surface area contributed by atoms with E-state index in [0.29, 0.717) is 18.1 Å². The quantitative estimate of drug-likeness (QED) is 0.670. The van der Waals surface area contributed by atoms with Crippen molar-refractivity contribution in [1.82, 2.24) is 0 Å². The van der Waals surface area contributed by atoms with Crippen molar-refractivity contribution in [2.45, 2.75) is 64.6 Å². The van der Waals surface area contributed by atoms with Gasteiger partial charge < -0.3 is 4.74 Å². The zero-order valence-corrected chi connectivity index (χ0v) is 11.8. The summed E-state index contributed by atoms with van der Waals surface area (Å²) < 4.78 is 6.23. The molecule has 2 rings (SSSR count). The van der Waals surface area contributed by atoms with E-state index >= 15 is 0 Å². The van der Waals surface area contributed by atoms with E-state index in [1.807, 2.05) is 0 Å². The molecule has 1 fully saturated rings. The molecule has 0 heterocycles. The van der Waals surface area contributed by atoms with Crippen LogP contribution in [0.5, 0.6) is 0 Å². The largest absolute Gasteiger partial charge is 0.371 e. The Balaban J connectivity index is 2.13. The maximum Gasteiger partial charge on any atom is 0.0856 e. The van der Waals surface area contributed by atoms with Crippen molar-refractivity contribution in [3.8, 4) is 0 Å². The maximum absolute atomic E-state index is 6.23. The van der Waals surface area contributed by atoms with Gasteiger partial charge in [0.25, 0.3) is 0 Å². The highest BCUT2D eigenvalue weighted by Crippen LogP contribution is 2.36. The monoisotopic (exact) mass is 246 g/mol. The first kappa shape index (κ1) is 13.6. The zero-order valence-electron chi connectivity index (χ0n) is 11.8. The van der Waals surface area contributed by atoms with Crippen LogP contribution in [-0.4, -0.2) is 6.10 Å². The van der Waals surface area contributed by atoms with Gasteiger partial charge in [0.1, 0.15) is 0 Å². The van der Waals surface area contributed by atoms with Crippen LogP contribution in [0.15, 0.2) is 30.3 Å². The van der Waals surface area contributed by atoms with Gasteiger partial charge in [-0.1, -0.05) is 56.0 Å². The van der Waals surface area contributed by atoms with Crippen molar-refractivity contribution in [3.05, 3.63) is 35.9 Å². The molecule has 0 amide bonds. The van der Waals surface area contributed by atoms with E-state index < -0.39 is 0 Å². The van der Waals surface area contributed by atoms with Gasteiger partial charge in [0.2, 0.25) is 0 Å². The van der Waals surface area contributed by atoms with E-state index in [2.05, 4.69) is 44.2 Å². The maximum atomic E-state index is 6.23. The van der Waals surface area contributed by atoms with Gasteiger partial charge in [0, 0.05) is 0 Å². The van der Waals surface area contributed by atoms with Crippen LogP contribution in [0.4, 0.5) is 0 Å². The molecule has 0 aromatic heterocycles. The minimum absolute atomic E-state index is 0.296. The lowest BCUT2D eigenvalue weighted by atomic mass is 9.89. The lowest BCUT2D eigenvalue weighted by Gasteiger charge is -2.28. The Morgan fingerprint density at radius 3 is 2.11 bits per heavy atom. The molecule has 0 aliphatic heterocycles. The molecule has 1 unspecified atom stereocenters. The summed E-state index contributed by atoms with van der Waals surface area (Å²) in [6, 6.07) is 10.8. The first-order valence-electron chi connectivity index (χ1n) is 7.48. The smallest absolute Gasteiger partial charge is 0.0856 e. The predicted octanol–water partition coefficient (Wildman–Crippen LogP) is 5.12. The number of rotatable bonds is 4. The molecule has 1 heteroatoms. The molecule has 1 aromatic rings. The molecule has 1 aliphatic rings. The Labute approximate surface area is 112 Å². The van der Waals surface area contributed by atoms with Gasteiger partial charge in [-0.2, -0.15) is 0 Å². The van der Waals surface area contributed by atoms with Crippen molar-refractivity contribution >= 4 is 0 Å². The molecular weight excluding hydrogens is 220 g/mol. The molecule has 0 radical (unpaired) electrons. The summed E-state index contributed by atoms with van der Waals surface area (Å²) in [6.07, 6.45) is 8.80. The lowest BCUT2D eigenvalue weighted by Crippen LogP contribution is -2.19. The van der Waals surface area contributed by atoms with Crippen LogP contribution in [0.1, 0.15) is 64.0 Å². The Morgan fingerprint density at radius 1 is 0.944 bits per heavy atom. The summed E-state index contributed by atoms with van der Waals surface area (Å²) in [5.41, 5.74) is 1.36. The van der Waals surface area contributed by atoms with Crippen molar-refractivity contribution in [3.63, 3.8) is 0 Å². The second kappa shape index (κ2) is 6.94. The van der Waals surface area contributed by atoms with E-state index in [0.717, 1.165) is 0 Å². The number of benzene rings is 1. The molecule has 100 valence electrons. The molecule has 1 saturated carbocycles. The summed E-state index contributed by atoms with van der Waals surface area (Å²) in [5.74, 6) is 0.706. The van der Waals surface area contributed by atoms with Gasteiger partial charge in [0.15, 0.2) is 0 Å². The van der Waals surface area contributed by atoms with Gasteiger partial charge >= 0.3 is 0 Å². The van der Waals surface area contributed by atoms with Crippen molar-refractivity contribution < 1.29 is 4.74 Å². The fraction of sp³-hybridized carbons (Fsp3) is 0.647. The van der Waals surface area contributed by atoms with Crippen LogP contribution in [0.3, 0.4) is 0 Å². The van der Waals surface area contributed by atoms with E-state index in [1.54, 1.807) is 0 Å². The fourth-order valence-electron chi connectivity index (χ4n) is 3.01. The Hall–Kier alpha value is -0.820. The summed E-state index contributed by atoms with van der Waals surface area (Å²) in [6.45, 7) is 4.29. The molecule has 1 nitrogen and oxygen atoms in total. The van der Waals surface area contributed by atoms with E-state index in [4.69, 9.17) is 4.74 Å². The molecule has 0 bridgehead atoms. The van der Waals surface area contributed by atoms with Crippen LogP contribution >= 0.6 is 0 Å². The summed E-state index contributed by atoms with van der Waals surface area (Å²) in [5, 5.41) is 0. The van der Waals surface area contributed by atoms with Crippen molar-refractivity contribution in [1.29, 1.82) is 0 Å². The normalized spacial score (nSPS) is 19.7. The molecule has 1 aliphatic carbocycles. The third-order valence-corrected chi connectivity index (χ3v) is 3.87. The van der Waals surface area contributed by atoms with Crippen molar-refractivity contribution in [2.24, 2.45) is 5.92 Å². The molecule has 0 saturated heterocycles. The number of hydrogen-bond acceptors (Lipinski definition) is 1. The lowest BCUT2D eigenvalue weighted by molar-refractivity contribution is -0.0324. The third kappa shape index (κ3) is 3.84. The van der Waals surface area contributed by atoms with Crippen LogP contribution < -0.4 is 0 Å².